The third-order valence-electron chi connectivity index (χ3n) is 6.03. The predicted octanol–water partition coefficient (Wildman–Crippen LogP) is 6.41. The van der Waals surface area contributed by atoms with Crippen LogP contribution in [0.25, 0.3) is 4.85 Å². The van der Waals surface area contributed by atoms with E-state index in [0.29, 0.717) is 5.69 Å². The number of nitrogens with zero attached hydrogens (tertiary/aromatic N) is 4. The monoisotopic (exact) mass is 380 g/mol. The Morgan fingerprint density at radius 3 is 2.52 bits per heavy atom. The highest BCUT2D eigenvalue weighted by molar-refractivity contribution is 5.91. The van der Waals surface area contributed by atoms with Gasteiger partial charge in [-0.25, -0.2) is 9.83 Å². The topological polar surface area (TPSA) is 23.7 Å². The molecule has 4 nitrogen and oxygen atoms in total. The van der Waals surface area contributed by atoms with Crippen LogP contribution in [0.1, 0.15) is 37.5 Å². The van der Waals surface area contributed by atoms with Crippen LogP contribution < -0.4 is 9.80 Å². The summed E-state index contributed by atoms with van der Waals surface area (Å²) in [5.74, 6) is 0.938. The summed E-state index contributed by atoms with van der Waals surface area (Å²) < 4.78 is 0. The van der Waals surface area contributed by atoms with Crippen LogP contribution in [-0.4, -0.2) is 11.1 Å². The number of fused-ring (bicyclic) bond motifs is 5. The average molecular weight is 380 g/mol. The predicted molar refractivity (Wildman–Crippen MR) is 119 cm³/mol. The Hall–Kier alpha value is -3.32. The summed E-state index contributed by atoms with van der Waals surface area (Å²) in [4.78, 5) is 13.0. The number of benzene rings is 2. The first-order chi connectivity index (χ1) is 13.9. The van der Waals surface area contributed by atoms with E-state index >= 15 is 0 Å². The van der Waals surface area contributed by atoms with Crippen LogP contribution in [-0.2, 0) is 11.8 Å². The molecular weight excluding hydrogens is 356 g/mol. The molecule has 0 aliphatic carbocycles. The molecule has 0 saturated carbocycles. The molecule has 3 aromatic rings. The standard InChI is InChI=1S/C25H24N4/c1-16-8-6-7-9-20(16)28-22-14-19(26-5)15-27-24(22)29-21-11-10-18(25(2,3)4)12-17(21)13-23(28)29/h6-12,14-15,23H,13H2,1-4H3. The van der Waals surface area contributed by atoms with Crippen molar-refractivity contribution in [3.05, 3.63) is 82.8 Å². The number of hydrogen-bond acceptors (Lipinski definition) is 3. The summed E-state index contributed by atoms with van der Waals surface area (Å²) in [7, 11) is 0. The van der Waals surface area contributed by atoms with E-state index in [9.17, 15) is 0 Å². The summed E-state index contributed by atoms with van der Waals surface area (Å²) in [5, 5.41) is 0. The maximum Gasteiger partial charge on any atom is 0.207 e. The van der Waals surface area contributed by atoms with Gasteiger partial charge in [0, 0.05) is 24.0 Å². The summed E-state index contributed by atoms with van der Waals surface area (Å²) in [6.07, 6.45) is 2.76. The van der Waals surface area contributed by atoms with Gasteiger partial charge in [-0.1, -0.05) is 51.1 Å². The zero-order chi connectivity index (χ0) is 20.3. The van der Waals surface area contributed by atoms with Crippen molar-refractivity contribution in [1.82, 2.24) is 4.98 Å². The molecular formula is C25H24N4. The quantitative estimate of drug-likeness (QED) is 0.456. The molecule has 2 aromatic carbocycles. The van der Waals surface area contributed by atoms with Gasteiger partial charge in [0.05, 0.1) is 12.3 Å². The Bertz CT molecular complexity index is 1170. The minimum atomic E-state index is 0.123. The lowest BCUT2D eigenvalue weighted by atomic mass is 9.86. The largest absolute Gasteiger partial charge is 0.317 e. The average Bonchev–Trinajstić information content (AvgIpc) is 3.21. The maximum atomic E-state index is 7.43. The van der Waals surface area contributed by atoms with Gasteiger partial charge in [0.1, 0.15) is 6.17 Å². The van der Waals surface area contributed by atoms with E-state index in [2.05, 4.69) is 84.8 Å². The van der Waals surface area contributed by atoms with Crippen molar-refractivity contribution in [2.45, 2.75) is 45.7 Å². The van der Waals surface area contributed by atoms with Gasteiger partial charge in [-0.15, -0.1) is 0 Å². The van der Waals surface area contributed by atoms with Crippen LogP contribution in [0.5, 0.6) is 0 Å². The van der Waals surface area contributed by atoms with Crippen molar-refractivity contribution in [3.63, 3.8) is 0 Å². The van der Waals surface area contributed by atoms with E-state index < -0.39 is 0 Å². The molecule has 3 heterocycles. The minimum Gasteiger partial charge on any atom is -0.317 e. The van der Waals surface area contributed by atoms with Crippen molar-refractivity contribution < 1.29 is 0 Å². The number of aryl methyl sites for hydroxylation is 1. The molecule has 2 aliphatic rings. The van der Waals surface area contributed by atoms with Crippen LogP contribution >= 0.6 is 0 Å². The Morgan fingerprint density at radius 1 is 1.00 bits per heavy atom. The molecule has 1 aromatic heterocycles. The highest BCUT2D eigenvalue weighted by Gasteiger charge is 2.44. The number of pyridine rings is 1. The Balaban J connectivity index is 1.70. The summed E-state index contributed by atoms with van der Waals surface area (Å²) in [6.45, 7) is 16.3. The highest BCUT2D eigenvalue weighted by Crippen LogP contribution is 2.53. The van der Waals surface area contributed by atoms with Crippen molar-refractivity contribution >= 4 is 28.6 Å². The SMILES string of the molecule is [C-]#[N+]c1cnc2c(c1)N(c1ccccc1C)C1Cc3cc(C(C)(C)C)ccc3N21. The number of anilines is 4. The minimum absolute atomic E-state index is 0.123. The van der Waals surface area contributed by atoms with Gasteiger partial charge in [-0.3, -0.25) is 0 Å². The number of aromatic nitrogens is 1. The Kier molecular flexibility index (Phi) is 3.73. The number of para-hydroxylation sites is 1. The lowest BCUT2D eigenvalue weighted by molar-refractivity contribution is 0.589. The first-order valence-corrected chi connectivity index (χ1v) is 10.0. The molecule has 1 unspecified atom stereocenters. The van der Waals surface area contributed by atoms with Crippen LogP contribution in [0.15, 0.2) is 54.7 Å². The summed E-state index contributed by atoms with van der Waals surface area (Å²) in [6, 6.07) is 17.3. The Morgan fingerprint density at radius 2 is 1.79 bits per heavy atom. The summed E-state index contributed by atoms with van der Waals surface area (Å²) in [5.41, 5.74) is 8.06. The molecule has 5 rings (SSSR count). The van der Waals surface area contributed by atoms with Gasteiger partial charge in [0.25, 0.3) is 0 Å². The second-order valence-electron chi connectivity index (χ2n) is 8.95. The second-order valence-corrected chi connectivity index (χ2v) is 8.95. The fourth-order valence-electron chi connectivity index (χ4n) is 4.50. The smallest absolute Gasteiger partial charge is 0.207 e. The van der Waals surface area contributed by atoms with Gasteiger partial charge >= 0.3 is 0 Å². The molecule has 29 heavy (non-hydrogen) atoms. The van der Waals surface area contributed by atoms with Crippen LogP contribution in [0, 0.1) is 13.5 Å². The third-order valence-corrected chi connectivity index (χ3v) is 6.03. The van der Waals surface area contributed by atoms with E-state index in [-0.39, 0.29) is 11.6 Å². The molecule has 1 atom stereocenters. The van der Waals surface area contributed by atoms with E-state index in [4.69, 9.17) is 11.6 Å². The zero-order valence-corrected chi connectivity index (χ0v) is 17.3. The number of hydrogen-bond donors (Lipinski definition) is 0. The fraction of sp³-hybridized carbons (Fsp3) is 0.280. The zero-order valence-electron chi connectivity index (χ0n) is 17.3. The Labute approximate surface area is 172 Å². The summed E-state index contributed by atoms with van der Waals surface area (Å²) >= 11 is 0. The first-order valence-electron chi connectivity index (χ1n) is 10.0. The van der Waals surface area contributed by atoms with Gasteiger partial charge in [0.2, 0.25) is 5.69 Å². The molecule has 0 N–H and O–H groups in total. The maximum absolute atomic E-state index is 7.43. The molecule has 0 fully saturated rings. The first kappa shape index (κ1) is 17.8. The van der Waals surface area contributed by atoms with Crippen LogP contribution in [0.4, 0.5) is 28.6 Å². The van der Waals surface area contributed by atoms with E-state index in [0.717, 1.165) is 17.9 Å². The van der Waals surface area contributed by atoms with Crippen LogP contribution in [0.3, 0.4) is 0 Å². The molecule has 2 aliphatic heterocycles. The van der Waals surface area contributed by atoms with E-state index in [1.54, 1.807) is 6.20 Å². The lowest BCUT2D eigenvalue weighted by Crippen LogP contribution is -2.36. The second kappa shape index (κ2) is 6.09. The molecule has 4 heteroatoms. The molecule has 0 radical (unpaired) electrons. The molecule has 0 amide bonds. The van der Waals surface area contributed by atoms with Gasteiger partial charge < -0.3 is 9.80 Å². The van der Waals surface area contributed by atoms with Gasteiger partial charge in [-0.2, -0.15) is 0 Å². The number of rotatable bonds is 1. The van der Waals surface area contributed by atoms with E-state index in [1.165, 1.54) is 28.1 Å². The van der Waals surface area contributed by atoms with Crippen molar-refractivity contribution in [2.24, 2.45) is 0 Å². The van der Waals surface area contributed by atoms with Crippen molar-refractivity contribution in [2.75, 3.05) is 9.80 Å². The lowest BCUT2D eigenvalue weighted by Gasteiger charge is -2.28. The molecule has 0 bridgehead atoms. The molecule has 0 saturated heterocycles. The third kappa shape index (κ3) is 2.61. The van der Waals surface area contributed by atoms with Gasteiger partial charge in [-0.05, 0) is 47.2 Å². The molecule has 144 valence electrons. The van der Waals surface area contributed by atoms with Crippen LogP contribution in [0.2, 0.25) is 0 Å². The normalized spacial score (nSPS) is 17.0. The molecule has 0 spiro atoms. The fourth-order valence-corrected chi connectivity index (χ4v) is 4.50. The van der Waals surface area contributed by atoms with Gasteiger partial charge in [0.15, 0.2) is 5.82 Å². The van der Waals surface area contributed by atoms with Crippen molar-refractivity contribution in [3.8, 4) is 0 Å². The van der Waals surface area contributed by atoms with Crippen molar-refractivity contribution in [1.29, 1.82) is 0 Å². The van der Waals surface area contributed by atoms with E-state index in [1.807, 2.05) is 6.07 Å². The highest BCUT2D eigenvalue weighted by atomic mass is 15.5.